The fraction of sp³-hybridized carbons (Fsp3) is 0.467. The normalized spacial score (nSPS) is 22.7. The maximum absolute atomic E-state index is 12.5. The van der Waals surface area contributed by atoms with Crippen molar-refractivity contribution in [1.29, 1.82) is 0 Å². The predicted octanol–water partition coefficient (Wildman–Crippen LogP) is 1.39. The lowest BCUT2D eigenvalue weighted by Crippen LogP contribution is -2.41. The van der Waals surface area contributed by atoms with E-state index in [-0.39, 0.29) is 24.3 Å². The standard InChI is InChI=1S/C15H18N2O3/c18-14-9-17(15(19)12-5-3-7-20-10-12)8-11-4-1-2-6-13(11)16-14/h1-2,4,6,12H,3,5,7-10H2,(H,16,18). The average Bonchev–Trinajstić information content (AvgIpc) is 2.65. The molecule has 0 spiro atoms. The molecule has 1 aromatic carbocycles. The lowest BCUT2D eigenvalue weighted by Gasteiger charge is -2.27. The number of hydrogen-bond donors (Lipinski definition) is 1. The summed E-state index contributed by atoms with van der Waals surface area (Å²) < 4.78 is 5.37. The number of hydrogen-bond acceptors (Lipinski definition) is 3. The van der Waals surface area contributed by atoms with Gasteiger partial charge in [0.1, 0.15) is 6.54 Å². The van der Waals surface area contributed by atoms with Gasteiger partial charge >= 0.3 is 0 Å². The van der Waals surface area contributed by atoms with Gasteiger partial charge < -0.3 is 15.0 Å². The Kier molecular flexibility index (Phi) is 3.69. The highest BCUT2D eigenvalue weighted by molar-refractivity contribution is 5.96. The van der Waals surface area contributed by atoms with Crippen LogP contribution in [-0.2, 0) is 20.9 Å². The number of carbonyl (C=O) groups excluding carboxylic acids is 2. The van der Waals surface area contributed by atoms with E-state index < -0.39 is 0 Å². The van der Waals surface area contributed by atoms with Crippen LogP contribution >= 0.6 is 0 Å². The zero-order valence-corrected chi connectivity index (χ0v) is 11.3. The van der Waals surface area contributed by atoms with E-state index in [4.69, 9.17) is 4.74 Å². The fourth-order valence-electron chi connectivity index (χ4n) is 2.75. The molecule has 0 bridgehead atoms. The minimum Gasteiger partial charge on any atom is -0.381 e. The number of rotatable bonds is 1. The highest BCUT2D eigenvalue weighted by Crippen LogP contribution is 2.23. The van der Waals surface area contributed by atoms with Gasteiger partial charge in [0, 0.05) is 18.8 Å². The van der Waals surface area contributed by atoms with Gasteiger partial charge in [-0.25, -0.2) is 0 Å². The lowest BCUT2D eigenvalue weighted by molar-refractivity contribution is -0.142. The number of ether oxygens (including phenoxy) is 1. The molecule has 106 valence electrons. The Morgan fingerprint density at radius 3 is 2.95 bits per heavy atom. The van der Waals surface area contributed by atoms with Gasteiger partial charge in [0.15, 0.2) is 0 Å². The summed E-state index contributed by atoms with van der Waals surface area (Å²) in [6.07, 6.45) is 1.76. The molecule has 0 saturated carbocycles. The van der Waals surface area contributed by atoms with Gasteiger partial charge in [-0.15, -0.1) is 0 Å². The van der Waals surface area contributed by atoms with Crippen LogP contribution in [0.1, 0.15) is 18.4 Å². The molecule has 0 aromatic heterocycles. The van der Waals surface area contributed by atoms with Crippen molar-refractivity contribution in [2.45, 2.75) is 19.4 Å². The Bertz CT molecular complexity index is 524. The summed E-state index contributed by atoms with van der Waals surface area (Å²) in [5, 5.41) is 2.85. The second-order valence-corrected chi connectivity index (χ2v) is 5.31. The number of nitrogens with zero attached hydrogens (tertiary/aromatic N) is 1. The minimum absolute atomic E-state index is 0.0246. The van der Waals surface area contributed by atoms with Gasteiger partial charge in [-0.1, -0.05) is 18.2 Å². The van der Waals surface area contributed by atoms with Gasteiger partial charge in [0.2, 0.25) is 11.8 Å². The van der Waals surface area contributed by atoms with Crippen LogP contribution in [0.25, 0.3) is 0 Å². The van der Waals surface area contributed by atoms with E-state index in [0.29, 0.717) is 13.2 Å². The molecule has 2 amide bonds. The Hall–Kier alpha value is -1.88. The molecule has 1 N–H and O–H groups in total. The molecule has 2 aliphatic heterocycles. The first kappa shape index (κ1) is 13.1. The largest absolute Gasteiger partial charge is 0.381 e. The molecule has 0 radical (unpaired) electrons. The molecule has 2 aliphatic rings. The van der Waals surface area contributed by atoms with Gasteiger partial charge in [-0.05, 0) is 24.5 Å². The highest BCUT2D eigenvalue weighted by atomic mass is 16.5. The minimum atomic E-state index is -0.139. The maximum Gasteiger partial charge on any atom is 0.244 e. The number of para-hydroxylation sites is 1. The number of fused-ring (bicyclic) bond motifs is 1. The summed E-state index contributed by atoms with van der Waals surface area (Å²) in [6, 6.07) is 7.61. The zero-order valence-electron chi connectivity index (χ0n) is 11.3. The first-order valence-electron chi connectivity index (χ1n) is 6.98. The van der Waals surface area contributed by atoms with Crippen LogP contribution in [0.3, 0.4) is 0 Å². The van der Waals surface area contributed by atoms with E-state index in [9.17, 15) is 9.59 Å². The Labute approximate surface area is 117 Å². The highest BCUT2D eigenvalue weighted by Gasteiger charge is 2.29. The maximum atomic E-state index is 12.5. The van der Waals surface area contributed by atoms with Gasteiger partial charge in [0.25, 0.3) is 0 Å². The third kappa shape index (κ3) is 2.67. The van der Waals surface area contributed by atoms with Crippen LogP contribution in [0.5, 0.6) is 0 Å². The van der Waals surface area contributed by atoms with Crippen LogP contribution in [0.15, 0.2) is 24.3 Å². The van der Waals surface area contributed by atoms with E-state index >= 15 is 0 Å². The molecule has 0 aliphatic carbocycles. The first-order valence-corrected chi connectivity index (χ1v) is 6.98. The number of carbonyl (C=O) groups is 2. The smallest absolute Gasteiger partial charge is 0.244 e. The van der Waals surface area contributed by atoms with Crippen LogP contribution in [0.2, 0.25) is 0 Å². The monoisotopic (exact) mass is 274 g/mol. The second-order valence-electron chi connectivity index (χ2n) is 5.31. The number of anilines is 1. The topological polar surface area (TPSA) is 58.6 Å². The summed E-state index contributed by atoms with van der Waals surface area (Å²) in [5.74, 6) is -0.224. The van der Waals surface area contributed by atoms with Crippen molar-refractivity contribution in [3.05, 3.63) is 29.8 Å². The van der Waals surface area contributed by atoms with Crippen molar-refractivity contribution in [3.8, 4) is 0 Å². The molecule has 1 fully saturated rings. The van der Waals surface area contributed by atoms with Crippen molar-refractivity contribution >= 4 is 17.5 Å². The van der Waals surface area contributed by atoms with E-state index in [0.717, 1.165) is 30.7 Å². The van der Waals surface area contributed by atoms with Crippen molar-refractivity contribution in [2.75, 3.05) is 25.1 Å². The zero-order chi connectivity index (χ0) is 13.9. The molecule has 1 saturated heterocycles. The third-order valence-electron chi connectivity index (χ3n) is 3.81. The van der Waals surface area contributed by atoms with Crippen LogP contribution in [0.4, 0.5) is 5.69 Å². The number of nitrogens with one attached hydrogen (secondary N) is 1. The van der Waals surface area contributed by atoms with Crippen LogP contribution in [-0.4, -0.2) is 36.5 Å². The molecular formula is C15H18N2O3. The average molecular weight is 274 g/mol. The van der Waals surface area contributed by atoms with Crippen molar-refractivity contribution < 1.29 is 14.3 Å². The summed E-state index contributed by atoms with van der Waals surface area (Å²) in [7, 11) is 0. The summed E-state index contributed by atoms with van der Waals surface area (Å²) in [4.78, 5) is 26.1. The van der Waals surface area contributed by atoms with E-state index in [2.05, 4.69) is 5.32 Å². The first-order chi connectivity index (χ1) is 9.74. The molecule has 1 atom stereocenters. The van der Waals surface area contributed by atoms with Crippen LogP contribution < -0.4 is 5.32 Å². The summed E-state index contributed by atoms with van der Waals surface area (Å²) in [5.41, 5.74) is 1.77. The molecule has 3 rings (SSSR count). The van der Waals surface area contributed by atoms with Crippen molar-refractivity contribution in [2.24, 2.45) is 5.92 Å². The van der Waals surface area contributed by atoms with Gasteiger partial charge in [-0.2, -0.15) is 0 Å². The van der Waals surface area contributed by atoms with E-state index in [1.165, 1.54) is 0 Å². The quantitative estimate of drug-likeness (QED) is 0.842. The number of amides is 2. The SMILES string of the molecule is O=C1CN(C(=O)C2CCCOC2)Cc2ccccc2N1. The molecule has 5 nitrogen and oxygen atoms in total. The molecular weight excluding hydrogens is 256 g/mol. The molecule has 5 heteroatoms. The lowest BCUT2D eigenvalue weighted by atomic mass is 10.0. The Morgan fingerprint density at radius 1 is 1.30 bits per heavy atom. The van der Waals surface area contributed by atoms with E-state index in [1.807, 2.05) is 24.3 Å². The summed E-state index contributed by atoms with van der Waals surface area (Å²) in [6.45, 7) is 1.79. The Morgan fingerprint density at radius 2 is 2.15 bits per heavy atom. The fourth-order valence-corrected chi connectivity index (χ4v) is 2.75. The molecule has 1 unspecified atom stereocenters. The molecule has 20 heavy (non-hydrogen) atoms. The van der Waals surface area contributed by atoms with Crippen molar-refractivity contribution in [1.82, 2.24) is 4.90 Å². The second kappa shape index (κ2) is 5.63. The molecule has 1 aromatic rings. The van der Waals surface area contributed by atoms with Gasteiger partial charge in [0.05, 0.1) is 12.5 Å². The predicted molar refractivity (Wildman–Crippen MR) is 74.0 cm³/mol. The van der Waals surface area contributed by atoms with Crippen LogP contribution in [0, 0.1) is 5.92 Å². The van der Waals surface area contributed by atoms with Gasteiger partial charge in [-0.3, -0.25) is 9.59 Å². The Balaban J connectivity index is 1.79. The third-order valence-corrected chi connectivity index (χ3v) is 3.81. The summed E-state index contributed by atoms with van der Waals surface area (Å²) >= 11 is 0. The molecule has 2 heterocycles. The van der Waals surface area contributed by atoms with Crippen molar-refractivity contribution in [3.63, 3.8) is 0 Å². The number of benzene rings is 1. The van der Waals surface area contributed by atoms with E-state index in [1.54, 1.807) is 4.90 Å².